The van der Waals surface area contributed by atoms with Gasteiger partial charge in [-0.3, -0.25) is 0 Å². The van der Waals surface area contributed by atoms with Gasteiger partial charge in [-0.2, -0.15) is 0 Å². The monoisotopic (exact) mass is 157 g/mol. The Morgan fingerprint density at radius 2 is 2.18 bits per heavy atom. The summed E-state index contributed by atoms with van der Waals surface area (Å²) in [5, 5.41) is 18.6. The van der Waals surface area contributed by atoms with Crippen molar-refractivity contribution in [3.05, 3.63) is 0 Å². The zero-order valence-corrected chi connectivity index (χ0v) is 6.05. The van der Waals surface area contributed by atoms with E-state index < -0.39 is 12.2 Å². The highest BCUT2D eigenvalue weighted by Gasteiger charge is 2.40. The Morgan fingerprint density at radius 1 is 1.36 bits per heavy atom. The second-order valence-electron chi connectivity index (χ2n) is 3.05. The molecule has 2 rings (SSSR count). The standard InChI is InChI=1S/C7H11NO3/c9-4-1-2-5-6(7(4)10)8-3-11-5/h3-7,9-10H,1-2H2. The average molecular weight is 157 g/mol. The van der Waals surface area contributed by atoms with Crippen molar-refractivity contribution in [3.63, 3.8) is 0 Å². The average Bonchev–Trinajstić information content (AvgIpc) is 2.45. The number of aliphatic hydroxyl groups excluding tert-OH is 2. The van der Waals surface area contributed by atoms with Crippen LogP contribution in [0.15, 0.2) is 4.99 Å². The van der Waals surface area contributed by atoms with Crippen molar-refractivity contribution in [2.45, 2.75) is 37.2 Å². The Bertz CT molecular complexity index is 183. The second-order valence-corrected chi connectivity index (χ2v) is 3.05. The first-order chi connectivity index (χ1) is 5.29. The summed E-state index contributed by atoms with van der Waals surface area (Å²) in [6, 6.07) is -0.237. The van der Waals surface area contributed by atoms with Crippen LogP contribution in [0.2, 0.25) is 0 Å². The third kappa shape index (κ3) is 1.02. The van der Waals surface area contributed by atoms with Crippen LogP contribution in [-0.4, -0.2) is 41.0 Å². The fourth-order valence-electron chi connectivity index (χ4n) is 1.64. The highest BCUT2D eigenvalue weighted by atomic mass is 16.5. The van der Waals surface area contributed by atoms with Crippen molar-refractivity contribution < 1.29 is 14.9 Å². The number of nitrogens with zero attached hydrogens (tertiary/aromatic N) is 1. The summed E-state index contributed by atoms with van der Waals surface area (Å²) in [7, 11) is 0. The highest BCUT2D eigenvalue weighted by molar-refractivity contribution is 5.50. The molecule has 4 heteroatoms. The Balaban J connectivity index is 2.11. The molecular formula is C7H11NO3. The summed E-state index contributed by atoms with van der Waals surface area (Å²) < 4.78 is 5.11. The van der Waals surface area contributed by atoms with Gasteiger partial charge in [0.25, 0.3) is 0 Å². The molecule has 1 aliphatic carbocycles. The molecule has 62 valence electrons. The predicted octanol–water partition coefficient (Wildman–Crippen LogP) is -0.702. The number of aliphatic imine (C=N–C) groups is 1. The molecule has 1 fully saturated rings. The highest BCUT2D eigenvalue weighted by Crippen LogP contribution is 2.27. The summed E-state index contributed by atoms with van der Waals surface area (Å²) >= 11 is 0. The van der Waals surface area contributed by atoms with E-state index in [1.54, 1.807) is 0 Å². The molecule has 0 aromatic carbocycles. The number of rotatable bonds is 0. The molecule has 2 aliphatic rings. The molecule has 1 heterocycles. The van der Waals surface area contributed by atoms with Crippen LogP contribution in [0.4, 0.5) is 0 Å². The van der Waals surface area contributed by atoms with Crippen LogP contribution in [0.3, 0.4) is 0 Å². The van der Waals surface area contributed by atoms with E-state index in [4.69, 9.17) is 4.74 Å². The van der Waals surface area contributed by atoms with E-state index in [1.807, 2.05) is 0 Å². The maximum Gasteiger partial charge on any atom is 0.170 e. The van der Waals surface area contributed by atoms with Gasteiger partial charge in [0, 0.05) is 0 Å². The molecule has 1 saturated carbocycles. The van der Waals surface area contributed by atoms with Gasteiger partial charge in [-0.05, 0) is 12.8 Å². The zero-order valence-electron chi connectivity index (χ0n) is 6.05. The van der Waals surface area contributed by atoms with E-state index in [2.05, 4.69) is 4.99 Å². The van der Waals surface area contributed by atoms with Crippen LogP contribution in [0, 0.1) is 0 Å². The number of hydrogen-bond acceptors (Lipinski definition) is 4. The maximum atomic E-state index is 9.40. The Hall–Kier alpha value is -0.610. The lowest BCUT2D eigenvalue weighted by Gasteiger charge is -2.31. The third-order valence-electron chi connectivity index (χ3n) is 2.34. The first kappa shape index (κ1) is 7.06. The third-order valence-corrected chi connectivity index (χ3v) is 2.34. The van der Waals surface area contributed by atoms with E-state index in [0.717, 1.165) is 6.42 Å². The summed E-state index contributed by atoms with van der Waals surface area (Å²) in [4.78, 5) is 3.93. The summed E-state index contributed by atoms with van der Waals surface area (Å²) in [6.45, 7) is 0. The molecular weight excluding hydrogens is 146 g/mol. The van der Waals surface area contributed by atoms with E-state index in [9.17, 15) is 10.2 Å². The van der Waals surface area contributed by atoms with Crippen LogP contribution in [0.25, 0.3) is 0 Å². The van der Waals surface area contributed by atoms with Crippen LogP contribution < -0.4 is 0 Å². The molecule has 0 amide bonds. The van der Waals surface area contributed by atoms with Gasteiger partial charge in [-0.15, -0.1) is 0 Å². The van der Waals surface area contributed by atoms with Crippen molar-refractivity contribution in [1.29, 1.82) is 0 Å². The smallest absolute Gasteiger partial charge is 0.170 e. The van der Waals surface area contributed by atoms with E-state index in [0.29, 0.717) is 6.42 Å². The minimum absolute atomic E-state index is 0.00611. The lowest BCUT2D eigenvalue weighted by Crippen LogP contribution is -2.46. The largest absolute Gasteiger partial charge is 0.478 e. The number of ether oxygens (including phenoxy) is 1. The molecule has 11 heavy (non-hydrogen) atoms. The molecule has 4 nitrogen and oxygen atoms in total. The van der Waals surface area contributed by atoms with Crippen molar-refractivity contribution in [3.8, 4) is 0 Å². The molecule has 0 bridgehead atoms. The van der Waals surface area contributed by atoms with E-state index in [1.165, 1.54) is 6.40 Å². The predicted molar refractivity (Wildman–Crippen MR) is 38.4 cm³/mol. The quantitative estimate of drug-likeness (QED) is 0.488. The first-order valence-electron chi connectivity index (χ1n) is 3.82. The van der Waals surface area contributed by atoms with Crippen LogP contribution in [0.5, 0.6) is 0 Å². The molecule has 1 aliphatic heterocycles. The lowest BCUT2D eigenvalue weighted by atomic mass is 9.88. The lowest BCUT2D eigenvalue weighted by molar-refractivity contribution is -0.0493. The van der Waals surface area contributed by atoms with Gasteiger partial charge in [-0.1, -0.05) is 0 Å². The van der Waals surface area contributed by atoms with Gasteiger partial charge in [0.2, 0.25) is 0 Å². The molecule has 0 aromatic heterocycles. The number of fused-ring (bicyclic) bond motifs is 1. The first-order valence-corrected chi connectivity index (χ1v) is 3.82. The van der Waals surface area contributed by atoms with Crippen LogP contribution in [-0.2, 0) is 4.74 Å². The summed E-state index contributed by atoms with van der Waals surface area (Å²) in [5.74, 6) is 0. The topological polar surface area (TPSA) is 62.0 Å². The van der Waals surface area contributed by atoms with E-state index in [-0.39, 0.29) is 12.1 Å². The van der Waals surface area contributed by atoms with Crippen molar-refractivity contribution >= 4 is 6.40 Å². The van der Waals surface area contributed by atoms with Crippen LogP contribution in [0.1, 0.15) is 12.8 Å². The molecule has 4 unspecified atom stereocenters. The van der Waals surface area contributed by atoms with E-state index >= 15 is 0 Å². The van der Waals surface area contributed by atoms with Gasteiger partial charge >= 0.3 is 0 Å². The van der Waals surface area contributed by atoms with Crippen molar-refractivity contribution in [1.82, 2.24) is 0 Å². The van der Waals surface area contributed by atoms with Gasteiger partial charge in [0.15, 0.2) is 6.40 Å². The Kier molecular flexibility index (Phi) is 1.58. The summed E-state index contributed by atoms with van der Waals surface area (Å²) in [5.41, 5.74) is 0. The fourth-order valence-corrected chi connectivity index (χ4v) is 1.64. The SMILES string of the molecule is OC1CCC2OC=NC2C1O. The molecule has 0 radical (unpaired) electrons. The normalized spacial score (nSPS) is 48.5. The maximum absolute atomic E-state index is 9.40. The van der Waals surface area contributed by atoms with Gasteiger partial charge < -0.3 is 14.9 Å². The minimum atomic E-state index is -0.743. The van der Waals surface area contributed by atoms with Crippen LogP contribution >= 0.6 is 0 Å². The van der Waals surface area contributed by atoms with Crippen molar-refractivity contribution in [2.75, 3.05) is 0 Å². The molecule has 0 aromatic rings. The fraction of sp³-hybridized carbons (Fsp3) is 0.857. The summed E-state index contributed by atoms with van der Waals surface area (Å²) in [6.07, 6.45) is 1.38. The molecule has 0 saturated heterocycles. The number of aliphatic hydroxyl groups is 2. The second kappa shape index (κ2) is 2.46. The molecule has 4 atom stereocenters. The molecule has 0 spiro atoms. The number of hydrogen-bond donors (Lipinski definition) is 2. The Morgan fingerprint density at radius 3 is 3.00 bits per heavy atom. The minimum Gasteiger partial charge on any atom is -0.478 e. The zero-order chi connectivity index (χ0) is 7.84. The van der Waals surface area contributed by atoms with Crippen molar-refractivity contribution in [2.24, 2.45) is 4.99 Å². The van der Waals surface area contributed by atoms with Gasteiger partial charge in [0.1, 0.15) is 18.2 Å². The molecule has 2 N–H and O–H groups in total. The Labute approximate surface area is 64.5 Å². The van der Waals surface area contributed by atoms with Gasteiger partial charge in [0.05, 0.1) is 6.10 Å². The van der Waals surface area contributed by atoms with Gasteiger partial charge in [-0.25, -0.2) is 4.99 Å².